The molecule has 5 rings (SSSR count). The third-order valence-corrected chi connectivity index (χ3v) is 7.43. The van der Waals surface area contributed by atoms with Gasteiger partial charge >= 0.3 is 0 Å². The van der Waals surface area contributed by atoms with Gasteiger partial charge < -0.3 is 24.2 Å². The van der Waals surface area contributed by atoms with Crippen LogP contribution >= 0.6 is 0 Å². The molecule has 1 aliphatic carbocycles. The number of likely N-dealkylation sites (tertiary alicyclic amines) is 1. The van der Waals surface area contributed by atoms with E-state index in [1.54, 1.807) is 11.7 Å². The molecule has 32 heavy (non-hydrogen) atoms. The standard InChI is InChI=1S/C25H31N3O4/c1-17-11-12-28(19-3-7-20(29)8-4-19)24(31)22(17)23(30)27-15-25(16-27)13-26(14-25)18-5-9-21(32-2)10-6-18/h5-6,9-12,19-20,29H,3-4,7-8,13-16H2,1-2H3. The molecule has 1 amide bonds. The molecule has 7 heteroatoms. The van der Waals surface area contributed by atoms with Crippen LogP contribution < -0.4 is 15.2 Å². The predicted octanol–water partition coefficient (Wildman–Crippen LogP) is 2.60. The molecule has 7 nitrogen and oxygen atoms in total. The second-order valence-electron chi connectivity index (χ2n) is 9.76. The van der Waals surface area contributed by atoms with E-state index in [1.165, 1.54) is 5.69 Å². The van der Waals surface area contributed by atoms with Crippen LogP contribution in [-0.2, 0) is 0 Å². The zero-order chi connectivity index (χ0) is 22.5. The summed E-state index contributed by atoms with van der Waals surface area (Å²) >= 11 is 0. The Morgan fingerprint density at radius 3 is 2.31 bits per heavy atom. The first kappa shape index (κ1) is 21.1. The van der Waals surface area contributed by atoms with Crippen molar-refractivity contribution in [2.24, 2.45) is 5.41 Å². The molecule has 2 aromatic rings. The predicted molar refractivity (Wildman–Crippen MR) is 122 cm³/mol. The van der Waals surface area contributed by atoms with Crippen molar-refractivity contribution in [2.75, 3.05) is 38.2 Å². The second-order valence-corrected chi connectivity index (χ2v) is 9.76. The van der Waals surface area contributed by atoms with Gasteiger partial charge in [0, 0.05) is 49.5 Å². The molecule has 1 saturated carbocycles. The fraction of sp³-hybridized carbons (Fsp3) is 0.520. The van der Waals surface area contributed by atoms with Crippen LogP contribution in [0.5, 0.6) is 5.75 Å². The highest BCUT2D eigenvalue weighted by Crippen LogP contribution is 2.42. The summed E-state index contributed by atoms with van der Waals surface area (Å²) in [6.45, 7) is 5.08. The molecule has 2 saturated heterocycles. The van der Waals surface area contributed by atoms with Crippen LogP contribution in [0, 0.1) is 12.3 Å². The van der Waals surface area contributed by atoms with Crippen molar-refractivity contribution in [3.63, 3.8) is 0 Å². The normalized spacial score (nSPS) is 24.1. The van der Waals surface area contributed by atoms with Gasteiger partial charge in [0.1, 0.15) is 11.3 Å². The summed E-state index contributed by atoms with van der Waals surface area (Å²) in [7, 11) is 1.66. The minimum absolute atomic E-state index is 0.0606. The molecular weight excluding hydrogens is 406 g/mol. The van der Waals surface area contributed by atoms with Gasteiger partial charge in [-0.25, -0.2) is 0 Å². The van der Waals surface area contributed by atoms with Crippen LogP contribution in [0.3, 0.4) is 0 Å². The first-order valence-electron chi connectivity index (χ1n) is 11.5. The Labute approximate surface area is 188 Å². The molecule has 0 radical (unpaired) electrons. The lowest BCUT2D eigenvalue weighted by atomic mass is 9.72. The van der Waals surface area contributed by atoms with Crippen LogP contribution in [0.2, 0.25) is 0 Å². The van der Waals surface area contributed by atoms with E-state index in [0.717, 1.165) is 37.2 Å². The van der Waals surface area contributed by atoms with Crippen LogP contribution in [-0.4, -0.2) is 59.9 Å². The topological polar surface area (TPSA) is 75.0 Å². The fourth-order valence-corrected chi connectivity index (χ4v) is 5.53. The number of benzene rings is 1. The summed E-state index contributed by atoms with van der Waals surface area (Å²) < 4.78 is 6.94. The van der Waals surface area contributed by atoms with Gasteiger partial charge in [-0.1, -0.05) is 0 Å². The highest BCUT2D eigenvalue weighted by Gasteiger charge is 2.53. The van der Waals surface area contributed by atoms with E-state index in [2.05, 4.69) is 17.0 Å². The lowest BCUT2D eigenvalue weighted by Gasteiger charge is -2.61. The first-order valence-corrected chi connectivity index (χ1v) is 11.5. The van der Waals surface area contributed by atoms with E-state index in [4.69, 9.17) is 4.74 Å². The maximum Gasteiger partial charge on any atom is 0.263 e. The fourth-order valence-electron chi connectivity index (χ4n) is 5.53. The van der Waals surface area contributed by atoms with Gasteiger partial charge in [0.15, 0.2) is 0 Å². The maximum absolute atomic E-state index is 13.3. The minimum Gasteiger partial charge on any atom is -0.497 e. The molecule has 1 aromatic carbocycles. The Morgan fingerprint density at radius 2 is 1.69 bits per heavy atom. The van der Waals surface area contributed by atoms with Crippen molar-refractivity contribution >= 4 is 11.6 Å². The van der Waals surface area contributed by atoms with E-state index in [9.17, 15) is 14.7 Å². The van der Waals surface area contributed by atoms with Crippen LogP contribution in [0.1, 0.15) is 47.6 Å². The molecule has 3 fully saturated rings. The lowest BCUT2D eigenvalue weighted by molar-refractivity contribution is -0.0107. The van der Waals surface area contributed by atoms with Crippen molar-refractivity contribution in [1.29, 1.82) is 0 Å². The number of hydrogen-bond donors (Lipinski definition) is 1. The number of anilines is 1. The van der Waals surface area contributed by atoms with E-state index >= 15 is 0 Å². The highest BCUT2D eigenvalue weighted by molar-refractivity contribution is 5.96. The number of amides is 1. The smallest absolute Gasteiger partial charge is 0.263 e. The van der Waals surface area contributed by atoms with Crippen LogP contribution in [0.25, 0.3) is 0 Å². The third kappa shape index (κ3) is 3.58. The number of pyridine rings is 1. The number of ether oxygens (including phenoxy) is 1. The van der Waals surface area contributed by atoms with Crippen molar-refractivity contribution < 1.29 is 14.6 Å². The quantitative estimate of drug-likeness (QED) is 0.796. The number of aliphatic hydroxyl groups is 1. The molecular formula is C25H31N3O4. The summed E-state index contributed by atoms with van der Waals surface area (Å²) in [6.07, 6.45) is 4.48. The van der Waals surface area contributed by atoms with Crippen molar-refractivity contribution in [1.82, 2.24) is 9.47 Å². The molecule has 1 aromatic heterocycles. The zero-order valence-corrected chi connectivity index (χ0v) is 18.8. The Balaban J connectivity index is 1.24. The minimum atomic E-state index is -0.272. The Kier molecular flexibility index (Phi) is 5.24. The SMILES string of the molecule is COc1ccc(N2CC3(CN(C(=O)c4c(C)ccn(C5CCC(O)CC5)c4=O)C3)C2)cc1. The van der Waals surface area contributed by atoms with Crippen LogP contribution in [0.15, 0.2) is 41.3 Å². The number of aliphatic hydroxyl groups excluding tert-OH is 1. The summed E-state index contributed by atoms with van der Waals surface area (Å²) in [6, 6.07) is 10.00. The second kappa shape index (κ2) is 7.96. The number of hydrogen-bond acceptors (Lipinski definition) is 5. The summed E-state index contributed by atoms with van der Waals surface area (Å²) in [5, 5.41) is 9.78. The number of rotatable bonds is 4. The Hall–Kier alpha value is -2.80. The number of carbonyl (C=O) groups excluding carboxylic acids is 1. The molecule has 0 bridgehead atoms. The van der Waals surface area contributed by atoms with E-state index < -0.39 is 0 Å². The van der Waals surface area contributed by atoms with Gasteiger partial charge in [-0.3, -0.25) is 9.59 Å². The molecule has 3 aliphatic rings. The number of methoxy groups -OCH3 is 1. The third-order valence-electron chi connectivity index (χ3n) is 7.43. The monoisotopic (exact) mass is 437 g/mol. The van der Waals surface area contributed by atoms with Gasteiger partial charge in [0.2, 0.25) is 0 Å². The first-order chi connectivity index (χ1) is 15.4. The van der Waals surface area contributed by atoms with E-state index in [-0.39, 0.29) is 29.0 Å². The van der Waals surface area contributed by atoms with E-state index in [0.29, 0.717) is 31.5 Å². The van der Waals surface area contributed by atoms with Gasteiger partial charge in [-0.2, -0.15) is 0 Å². The molecule has 3 heterocycles. The highest BCUT2D eigenvalue weighted by atomic mass is 16.5. The lowest BCUT2D eigenvalue weighted by Crippen LogP contribution is -2.73. The molecule has 2 aliphatic heterocycles. The summed E-state index contributed by atoms with van der Waals surface area (Å²) in [5.41, 5.74) is 2.16. The zero-order valence-electron chi connectivity index (χ0n) is 18.8. The number of aromatic nitrogens is 1. The Bertz CT molecular complexity index is 1060. The molecule has 170 valence electrons. The van der Waals surface area contributed by atoms with Gasteiger partial charge in [0.25, 0.3) is 11.5 Å². The van der Waals surface area contributed by atoms with Gasteiger partial charge in [-0.15, -0.1) is 0 Å². The summed E-state index contributed by atoms with van der Waals surface area (Å²) in [5.74, 6) is 0.698. The summed E-state index contributed by atoms with van der Waals surface area (Å²) in [4.78, 5) is 30.6. The van der Waals surface area contributed by atoms with Crippen molar-refractivity contribution in [2.45, 2.75) is 44.8 Å². The largest absolute Gasteiger partial charge is 0.497 e. The number of nitrogens with zero attached hydrogens (tertiary/aromatic N) is 3. The molecule has 0 unspecified atom stereocenters. The number of aryl methyl sites for hydroxylation is 1. The average Bonchev–Trinajstić information content (AvgIpc) is 2.73. The van der Waals surface area contributed by atoms with Crippen molar-refractivity contribution in [3.05, 3.63) is 58.0 Å². The van der Waals surface area contributed by atoms with Gasteiger partial charge in [-0.05, 0) is 68.5 Å². The van der Waals surface area contributed by atoms with E-state index in [1.807, 2.05) is 36.2 Å². The molecule has 1 spiro atoms. The molecule has 0 atom stereocenters. The van der Waals surface area contributed by atoms with Gasteiger partial charge in [0.05, 0.1) is 13.2 Å². The average molecular weight is 438 g/mol. The Morgan fingerprint density at radius 1 is 1.03 bits per heavy atom. The maximum atomic E-state index is 13.3. The number of carbonyl (C=O) groups is 1. The molecule has 1 N–H and O–H groups in total. The van der Waals surface area contributed by atoms with Crippen LogP contribution in [0.4, 0.5) is 5.69 Å². The van der Waals surface area contributed by atoms with Crippen molar-refractivity contribution in [3.8, 4) is 5.75 Å².